The van der Waals surface area contributed by atoms with Crippen LogP contribution in [0.2, 0.25) is 10.0 Å². The van der Waals surface area contributed by atoms with Crippen molar-refractivity contribution < 1.29 is 13.9 Å². The molecule has 0 atom stereocenters. The quantitative estimate of drug-likeness (QED) is 0.944. The highest BCUT2D eigenvalue weighted by atomic mass is 35.5. The normalized spacial score (nSPS) is 10.2. The van der Waals surface area contributed by atoms with E-state index in [0.29, 0.717) is 10.7 Å². The SMILES string of the molecule is COc1coc(C(=O)Nc2ccc(Cl)cc2Cl)cc1=O. The third-order valence-electron chi connectivity index (χ3n) is 2.42. The molecule has 20 heavy (non-hydrogen) atoms. The third-order valence-corrected chi connectivity index (χ3v) is 2.97. The maximum absolute atomic E-state index is 11.9. The molecule has 0 unspecified atom stereocenters. The average molecular weight is 314 g/mol. The van der Waals surface area contributed by atoms with Crippen LogP contribution in [-0.2, 0) is 0 Å². The van der Waals surface area contributed by atoms with Crippen LogP contribution in [-0.4, -0.2) is 13.0 Å². The molecule has 1 heterocycles. The number of carbonyl (C=O) groups is 1. The maximum atomic E-state index is 11.9. The van der Waals surface area contributed by atoms with Crippen LogP contribution >= 0.6 is 23.2 Å². The number of nitrogens with one attached hydrogen (secondary N) is 1. The van der Waals surface area contributed by atoms with Crippen molar-refractivity contribution >= 4 is 34.8 Å². The number of ether oxygens (including phenoxy) is 1. The summed E-state index contributed by atoms with van der Waals surface area (Å²) in [5.41, 5.74) is -0.0920. The molecule has 0 saturated heterocycles. The van der Waals surface area contributed by atoms with E-state index in [-0.39, 0.29) is 16.5 Å². The second-order valence-electron chi connectivity index (χ2n) is 3.76. The van der Waals surface area contributed by atoms with E-state index in [1.165, 1.54) is 13.2 Å². The molecule has 0 aliphatic heterocycles. The smallest absolute Gasteiger partial charge is 0.291 e. The van der Waals surface area contributed by atoms with E-state index in [0.717, 1.165) is 12.3 Å². The van der Waals surface area contributed by atoms with Gasteiger partial charge in [0.05, 0.1) is 17.8 Å². The largest absolute Gasteiger partial charge is 0.490 e. The summed E-state index contributed by atoms with van der Waals surface area (Å²) in [6.45, 7) is 0. The third kappa shape index (κ3) is 3.12. The van der Waals surface area contributed by atoms with Crippen LogP contribution in [0.25, 0.3) is 0 Å². The minimum absolute atomic E-state index is 0.0195. The van der Waals surface area contributed by atoms with Crippen LogP contribution < -0.4 is 15.5 Å². The fourth-order valence-electron chi connectivity index (χ4n) is 1.44. The predicted molar refractivity (Wildman–Crippen MR) is 75.9 cm³/mol. The van der Waals surface area contributed by atoms with Gasteiger partial charge < -0.3 is 14.5 Å². The topological polar surface area (TPSA) is 68.5 Å². The van der Waals surface area contributed by atoms with Crippen molar-refractivity contribution in [1.82, 2.24) is 0 Å². The molecule has 1 aromatic carbocycles. The Bertz CT molecular complexity index is 712. The van der Waals surface area contributed by atoms with Crippen LogP contribution in [0.4, 0.5) is 5.69 Å². The number of anilines is 1. The van der Waals surface area contributed by atoms with Crippen molar-refractivity contribution in [3.63, 3.8) is 0 Å². The Balaban J connectivity index is 2.24. The highest BCUT2D eigenvalue weighted by Gasteiger charge is 2.13. The zero-order chi connectivity index (χ0) is 14.7. The van der Waals surface area contributed by atoms with Gasteiger partial charge in [-0.25, -0.2) is 0 Å². The van der Waals surface area contributed by atoms with Crippen molar-refractivity contribution in [2.24, 2.45) is 0 Å². The molecular weight excluding hydrogens is 305 g/mol. The lowest BCUT2D eigenvalue weighted by Gasteiger charge is -2.07. The standard InChI is InChI=1S/C13H9Cl2NO4/c1-19-12-6-20-11(5-10(12)17)13(18)16-9-3-2-7(14)4-8(9)15/h2-6H,1H3,(H,16,18). The first-order chi connectivity index (χ1) is 9.51. The fourth-order valence-corrected chi connectivity index (χ4v) is 1.90. The van der Waals surface area contributed by atoms with Crippen molar-refractivity contribution in [2.45, 2.75) is 0 Å². The van der Waals surface area contributed by atoms with Gasteiger partial charge >= 0.3 is 0 Å². The molecule has 0 fully saturated rings. The van der Waals surface area contributed by atoms with Crippen molar-refractivity contribution in [3.05, 3.63) is 56.6 Å². The molecule has 7 heteroatoms. The number of hydrogen-bond acceptors (Lipinski definition) is 4. The summed E-state index contributed by atoms with van der Waals surface area (Å²) < 4.78 is 9.78. The van der Waals surface area contributed by atoms with Gasteiger partial charge in [0.1, 0.15) is 6.26 Å². The summed E-state index contributed by atoms with van der Waals surface area (Å²) in [6, 6.07) is 5.65. The highest BCUT2D eigenvalue weighted by molar-refractivity contribution is 6.36. The van der Waals surface area contributed by atoms with Crippen molar-refractivity contribution in [1.29, 1.82) is 0 Å². The lowest BCUT2D eigenvalue weighted by Crippen LogP contribution is -2.15. The molecule has 5 nitrogen and oxygen atoms in total. The first-order valence-electron chi connectivity index (χ1n) is 5.44. The van der Waals surface area contributed by atoms with E-state index in [9.17, 15) is 9.59 Å². The maximum Gasteiger partial charge on any atom is 0.291 e. The predicted octanol–water partition coefficient (Wildman–Crippen LogP) is 3.21. The van der Waals surface area contributed by atoms with E-state index < -0.39 is 11.3 Å². The van der Waals surface area contributed by atoms with Crippen LogP contribution in [0.15, 0.2) is 39.7 Å². The average Bonchev–Trinajstić information content (AvgIpc) is 2.41. The molecule has 1 N–H and O–H groups in total. The van der Waals surface area contributed by atoms with Gasteiger partial charge in [-0.2, -0.15) is 0 Å². The van der Waals surface area contributed by atoms with Crippen LogP contribution in [0, 0.1) is 0 Å². The van der Waals surface area contributed by atoms with Gasteiger partial charge in [-0.1, -0.05) is 23.2 Å². The van der Waals surface area contributed by atoms with E-state index in [2.05, 4.69) is 5.32 Å². The first-order valence-corrected chi connectivity index (χ1v) is 6.20. The van der Waals surface area contributed by atoms with Gasteiger partial charge in [-0.3, -0.25) is 9.59 Å². The number of methoxy groups -OCH3 is 1. The highest BCUT2D eigenvalue weighted by Crippen LogP contribution is 2.25. The number of amides is 1. The first kappa shape index (κ1) is 14.4. The Morgan fingerprint density at radius 2 is 2.05 bits per heavy atom. The van der Waals surface area contributed by atoms with E-state index in [1.807, 2.05) is 0 Å². The molecule has 0 aliphatic rings. The summed E-state index contributed by atoms with van der Waals surface area (Å²) in [5, 5.41) is 3.24. The molecular formula is C13H9Cl2NO4. The molecule has 1 aromatic heterocycles. The second-order valence-corrected chi connectivity index (χ2v) is 4.60. The monoisotopic (exact) mass is 313 g/mol. The molecule has 1 amide bonds. The summed E-state index contributed by atoms with van der Waals surface area (Å²) >= 11 is 11.7. The summed E-state index contributed by atoms with van der Waals surface area (Å²) in [7, 11) is 1.33. The van der Waals surface area contributed by atoms with E-state index in [4.69, 9.17) is 32.4 Å². The Morgan fingerprint density at radius 3 is 2.65 bits per heavy atom. The lowest BCUT2D eigenvalue weighted by molar-refractivity contribution is 0.0993. The molecule has 2 rings (SSSR count). The van der Waals surface area contributed by atoms with Crippen LogP contribution in [0.5, 0.6) is 5.75 Å². The number of hydrogen-bond donors (Lipinski definition) is 1. The van der Waals surface area contributed by atoms with Crippen LogP contribution in [0.1, 0.15) is 10.6 Å². The minimum Gasteiger partial charge on any atom is -0.490 e. The van der Waals surface area contributed by atoms with Crippen molar-refractivity contribution in [2.75, 3.05) is 12.4 Å². The van der Waals surface area contributed by atoms with Gasteiger partial charge in [-0.15, -0.1) is 0 Å². The van der Waals surface area contributed by atoms with Crippen LogP contribution in [0.3, 0.4) is 0 Å². The lowest BCUT2D eigenvalue weighted by atomic mass is 10.3. The summed E-state index contributed by atoms with van der Waals surface area (Å²) in [4.78, 5) is 23.5. The summed E-state index contributed by atoms with van der Waals surface area (Å²) in [6.07, 6.45) is 1.07. The number of benzene rings is 1. The van der Waals surface area contributed by atoms with E-state index in [1.54, 1.807) is 12.1 Å². The van der Waals surface area contributed by atoms with E-state index >= 15 is 0 Å². The molecule has 0 saturated carbocycles. The fraction of sp³-hybridized carbons (Fsp3) is 0.0769. The molecule has 0 spiro atoms. The summed E-state index contributed by atoms with van der Waals surface area (Å²) in [5.74, 6) is -0.734. The van der Waals surface area contributed by atoms with Crippen molar-refractivity contribution in [3.8, 4) is 5.75 Å². The number of halogens is 2. The molecule has 0 radical (unpaired) electrons. The Morgan fingerprint density at radius 1 is 1.30 bits per heavy atom. The number of carbonyl (C=O) groups excluding carboxylic acids is 1. The van der Waals surface area contributed by atoms with Gasteiger partial charge in [-0.05, 0) is 18.2 Å². The molecule has 0 bridgehead atoms. The zero-order valence-electron chi connectivity index (χ0n) is 10.3. The molecule has 2 aromatic rings. The number of rotatable bonds is 3. The Hall–Kier alpha value is -1.98. The Kier molecular flexibility index (Phi) is 4.32. The Labute approximate surface area is 124 Å². The van der Waals surface area contributed by atoms with Gasteiger partial charge in [0.15, 0.2) is 5.76 Å². The molecule has 0 aliphatic carbocycles. The van der Waals surface area contributed by atoms with Gasteiger partial charge in [0.25, 0.3) is 5.91 Å². The zero-order valence-corrected chi connectivity index (χ0v) is 11.8. The second kappa shape index (κ2) is 5.98. The van der Waals surface area contributed by atoms with Gasteiger partial charge in [0, 0.05) is 11.1 Å². The minimum atomic E-state index is -0.603. The molecule has 104 valence electrons. The van der Waals surface area contributed by atoms with Gasteiger partial charge in [0.2, 0.25) is 11.2 Å².